The third kappa shape index (κ3) is 3.42. The van der Waals surface area contributed by atoms with Gasteiger partial charge in [-0.05, 0) is 36.2 Å². The maximum atomic E-state index is 12.9. The molecule has 0 radical (unpaired) electrons. The molecule has 1 unspecified atom stereocenters. The molecule has 0 bridgehead atoms. The van der Waals surface area contributed by atoms with Gasteiger partial charge in [-0.25, -0.2) is 4.39 Å². The molecule has 19 heavy (non-hydrogen) atoms. The summed E-state index contributed by atoms with van der Waals surface area (Å²) in [6, 6.07) is 7.90. The zero-order valence-corrected chi connectivity index (χ0v) is 11.4. The minimum atomic E-state index is -0.393. The molecule has 1 atom stereocenters. The van der Waals surface area contributed by atoms with E-state index in [1.54, 1.807) is 24.3 Å². The average Bonchev–Trinajstić information content (AvgIpc) is 2.40. The Morgan fingerprint density at radius 2 is 1.89 bits per heavy atom. The number of halogens is 3. The molecule has 3 nitrogen and oxygen atoms in total. The fourth-order valence-corrected chi connectivity index (χ4v) is 2.33. The first-order chi connectivity index (χ1) is 9.11. The molecule has 2 rings (SSSR count). The summed E-state index contributed by atoms with van der Waals surface area (Å²) in [6.45, 7) is 0. The number of pyridine rings is 1. The molecule has 0 fully saturated rings. The van der Waals surface area contributed by atoms with Crippen molar-refractivity contribution in [1.82, 2.24) is 10.4 Å². The van der Waals surface area contributed by atoms with Crippen molar-refractivity contribution in [3.8, 4) is 0 Å². The maximum Gasteiger partial charge on any atom is 0.141 e. The van der Waals surface area contributed by atoms with Gasteiger partial charge in [-0.15, -0.1) is 0 Å². The van der Waals surface area contributed by atoms with Crippen LogP contribution < -0.4 is 11.3 Å². The Morgan fingerprint density at radius 1 is 1.21 bits per heavy atom. The van der Waals surface area contributed by atoms with Crippen LogP contribution in [0, 0.1) is 5.82 Å². The highest BCUT2D eigenvalue weighted by Gasteiger charge is 2.16. The predicted octanol–water partition coefficient (Wildman–Crippen LogP) is 3.27. The highest BCUT2D eigenvalue weighted by molar-refractivity contribution is 6.36. The van der Waals surface area contributed by atoms with E-state index >= 15 is 0 Å². The van der Waals surface area contributed by atoms with E-state index in [0.29, 0.717) is 22.2 Å². The first-order valence-electron chi connectivity index (χ1n) is 5.62. The van der Waals surface area contributed by atoms with Gasteiger partial charge >= 0.3 is 0 Å². The van der Waals surface area contributed by atoms with Gasteiger partial charge in [0.05, 0.1) is 17.9 Å². The van der Waals surface area contributed by atoms with E-state index < -0.39 is 5.82 Å². The third-order valence-electron chi connectivity index (χ3n) is 2.78. The Balaban J connectivity index is 2.26. The molecule has 1 aromatic carbocycles. The van der Waals surface area contributed by atoms with E-state index in [9.17, 15) is 4.39 Å². The monoisotopic (exact) mass is 299 g/mol. The number of rotatable bonds is 4. The molecule has 6 heteroatoms. The van der Waals surface area contributed by atoms with E-state index in [4.69, 9.17) is 29.0 Å². The first kappa shape index (κ1) is 14.2. The van der Waals surface area contributed by atoms with Crippen LogP contribution in [0.5, 0.6) is 0 Å². The lowest BCUT2D eigenvalue weighted by Crippen LogP contribution is -2.30. The minimum Gasteiger partial charge on any atom is -0.271 e. The van der Waals surface area contributed by atoms with E-state index in [-0.39, 0.29) is 6.04 Å². The Kier molecular flexibility index (Phi) is 4.71. The van der Waals surface area contributed by atoms with Gasteiger partial charge in [0, 0.05) is 10.0 Å². The number of hydrogen-bond acceptors (Lipinski definition) is 3. The number of aromatic nitrogens is 1. The first-order valence-corrected chi connectivity index (χ1v) is 6.38. The third-order valence-corrected chi connectivity index (χ3v) is 3.49. The van der Waals surface area contributed by atoms with Crippen molar-refractivity contribution >= 4 is 23.2 Å². The van der Waals surface area contributed by atoms with Crippen LogP contribution in [0.3, 0.4) is 0 Å². The smallest absolute Gasteiger partial charge is 0.141 e. The standard InChI is InChI=1S/C13H12Cl2FN3/c14-10-2-1-3-11(15)9(10)6-13(19-17)12-5-4-8(16)7-18-12/h1-5,7,13,19H,6,17H2. The lowest BCUT2D eigenvalue weighted by molar-refractivity contribution is 0.533. The molecule has 0 aliphatic carbocycles. The fraction of sp³-hybridized carbons (Fsp3) is 0.154. The quantitative estimate of drug-likeness (QED) is 0.673. The maximum absolute atomic E-state index is 12.9. The van der Waals surface area contributed by atoms with Gasteiger partial charge in [-0.2, -0.15) is 0 Å². The SMILES string of the molecule is NNC(Cc1c(Cl)cccc1Cl)c1ccc(F)cn1. The van der Waals surface area contributed by atoms with Gasteiger partial charge in [-0.3, -0.25) is 16.3 Å². The van der Waals surface area contributed by atoms with Gasteiger partial charge < -0.3 is 0 Å². The summed E-state index contributed by atoms with van der Waals surface area (Å²) in [7, 11) is 0. The highest BCUT2D eigenvalue weighted by atomic mass is 35.5. The van der Waals surface area contributed by atoms with Crippen LogP contribution >= 0.6 is 23.2 Å². The molecule has 0 aliphatic heterocycles. The van der Waals surface area contributed by atoms with Crippen LogP contribution in [0.15, 0.2) is 36.5 Å². The van der Waals surface area contributed by atoms with Crippen LogP contribution in [0.4, 0.5) is 4.39 Å². The minimum absolute atomic E-state index is 0.294. The van der Waals surface area contributed by atoms with Crippen molar-refractivity contribution < 1.29 is 4.39 Å². The molecular weight excluding hydrogens is 288 g/mol. The van der Waals surface area contributed by atoms with Crippen LogP contribution in [0.2, 0.25) is 10.0 Å². The lowest BCUT2D eigenvalue weighted by atomic mass is 10.0. The number of nitrogens with zero attached hydrogens (tertiary/aromatic N) is 1. The molecular formula is C13H12Cl2FN3. The van der Waals surface area contributed by atoms with Crippen LogP contribution in [0.1, 0.15) is 17.3 Å². The molecule has 0 saturated carbocycles. The summed E-state index contributed by atoms with van der Waals surface area (Å²) in [5.41, 5.74) is 4.04. The molecule has 0 saturated heterocycles. The van der Waals surface area contributed by atoms with Crippen molar-refractivity contribution in [3.05, 3.63) is 63.6 Å². The molecule has 0 spiro atoms. The van der Waals surface area contributed by atoms with Gasteiger partial charge in [0.15, 0.2) is 0 Å². The number of benzene rings is 1. The second-order valence-corrected chi connectivity index (χ2v) is 4.84. The second-order valence-electron chi connectivity index (χ2n) is 4.02. The molecule has 0 aliphatic rings. The van der Waals surface area contributed by atoms with Crippen LogP contribution in [-0.2, 0) is 6.42 Å². The normalized spacial score (nSPS) is 12.4. The van der Waals surface area contributed by atoms with Gasteiger partial charge in [0.25, 0.3) is 0 Å². The highest BCUT2D eigenvalue weighted by Crippen LogP contribution is 2.28. The van der Waals surface area contributed by atoms with E-state index in [1.807, 2.05) is 0 Å². The predicted molar refractivity (Wildman–Crippen MR) is 74.4 cm³/mol. The van der Waals surface area contributed by atoms with Gasteiger partial charge in [0.2, 0.25) is 0 Å². The molecule has 1 aromatic heterocycles. The summed E-state index contributed by atoms with van der Waals surface area (Å²) in [5, 5.41) is 1.13. The Morgan fingerprint density at radius 3 is 2.42 bits per heavy atom. The summed E-state index contributed by atoms with van der Waals surface area (Å²) in [6.07, 6.45) is 1.61. The molecule has 2 aromatic rings. The summed E-state index contributed by atoms with van der Waals surface area (Å²) >= 11 is 12.2. The van der Waals surface area contributed by atoms with Crippen LogP contribution in [-0.4, -0.2) is 4.98 Å². The van der Waals surface area contributed by atoms with Crippen molar-refractivity contribution in [3.63, 3.8) is 0 Å². The molecule has 100 valence electrons. The molecule has 1 heterocycles. The zero-order chi connectivity index (χ0) is 13.8. The van der Waals surface area contributed by atoms with E-state index in [2.05, 4.69) is 10.4 Å². The number of nitrogens with two attached hydrogens (primary N) is 1. The molecule has 3 N–H and O–H groups in total. The average molecular weight is 300 g/mol. The largest absolute Gasteiger partial charge is 0.271 e. The van der Waals surface area contributed by atoms with E-state index in [0.717, 1.165) is 11.8 Å². The van der Waals surface area contributed by atoms with Crippen molar-refractivity contribution in [2.75, 3.05) is 0 Å². The van der Waals surface area contributed by atoms with Crippen molar-refractivity contribution in [1.29, 1.82) is 0 Å². The number of hydrazine groups is 1. The summed E-state index contributed by atoms with van der Waals surface area (Å²) in [4.78, 5) is 4.00. The fourth-order valence-electron chi connectivity index (χ4n) is 1.77. The van der Waals surface area contributed by atoms with Crippen molar-refractivity contribution in [2.24, 2.45) is 5.84 Å². The lowest BCUT2D eigenvalue weighted by Gasteiger charge is -2.17. The topological polar surface area (TPSA) is 50.9 Å². The summed E-state index contributed by atoms with van der Waals surface area (Å²) < 4.78 is 12.9. The van der Waals surface area contributed by atoms with E-state index in [1.165, 1.54) is 6.07 Å². The Labute approximate surface area is 120 Å². The summed E-state index contributed by atoms with van der Waals surface area (Å²) in [5.74, 6) is 5.13. The Hall–Kier alpha value is -1.20. The number of nitrogens with one attached hydrogen (secondary N) is 1. The second kappa shape index (κ2) is 6.30. The van der Waals surface area contributed by atoms with Gasteiger partial charge in [0.1, 0.15) is 5.82 Å². The van der Waals surface area contributed by atoms with Crippen molar-refractivity contribution in [2.45, 2.75) is 12.5 Å². The molecule has 0 amide bonds. The van der Waals surface area contributed by atoms with Gasteiger partial charge in [-0.1, -0.05) is 29.3 Å². The number of hydrogen-bond donors (Lipinski definition) is 2. The zero-order valence-electron chi connectivity index (χ0n) is 9.91. The van der Waals surface area contributed by atoms with Crippen LogP contribution in [0.25, 0.3) is 0 Å². The Bertz CT molecular complexity index is 540.